The van der Waals surface area contributed by atoms with Crippen LogP contribution in [0.5, 0.6) is 0 Å². The molecule has 6 nitrogen and oxygen atoms in total. The summed E-state index contributed by atoms with van der Waals surface area (Å²) in [6.07, 6.45) is 4.52. The van der Waals surface area contributed by atoms with Crippen LogP contribution in [0.4, 0.5) is 5.82 Å². The number of nitrogens with zero attached hydrogens (tertiary/aromatic N) is 4. The molecular weight excluding hydrogens is 324 g/mol. The molecular formula is C17H20N4O2S. The van der Waals surface area contributed by atoms with E-state index in [1.807, 2.05) is 29.8 Å². The number of aliphatic hydroxyl groups excluding tert-OH is 1. The lowest BCUT2D eigenvalue weighted by Gasteiger charge is -2.34. The van der Waals surface area contributed by atoms with E-state index in [-0.39, 0.29) is 5.78 Å². The first-order chi connectivity index (χ1) is 11.6. The Morgan fingerprint density at radius 2 is 2.12 bits per heavy atom. The number of aromatic nitrogens is 2. The second kappa shape index (κ2) is 7.55. The van der Waals surface area contributed by atoms with E-state index in [0.29, 0.717) is 5.82 Å². The number of piperazine rings is 1. The van der Waals surface area contributed by atoms with Crippen molar-refractivity contribution in [3.63, 3.8) is 0 Å². The Labute approximate surface area is 145 Å². The molecule has 0 bridgehead atoms. The molecule has 1 aliphatic rings. The van der Waals surface area contributed by atoms with Crippen LogP contribution in [0, 0.1) is 0 Å². The summed E-state index contributed by atoms with van der Waals surface area (Å²) in [5, 5.41) is 11.5. The summed E-state index contributed by atoms with van der Waals surface area (Å²) in [5.41, 5.74) is 0. The maximum atomic E-state index is 12.0. The van der Waals surface area contributed by atoms with Gasteiger partial charge in [0.05, 0.1) is 4.88 Å². The summed E-state index contributed by atoms with van der Waals surface area (Å²) in [4.78, 5) is 25.5. The van der Waals surface area contributed by atoms with E-state index in [0.717, 1.165) is 36.9 Å². The Morgan fingerprint density at radius 1 is 1.33 bits per heavy atom. The molecule has 1 N–H and O–H groups in total. The minimum atomic E-state index is -0.669. The van der Waals surface area contributed by atoms with Crippen molar-refractivity contribution in [2.24, 2.45) is 0 Å². The molecule has 1 saturated heterocycles. The molecule has 1 atom stereocenters. The SMILES string of the molecule is C[C@@H](O)c1nccc(N2CCN(C=CC(=O)c3cccs3)CC2)n1. The van der Waals surface area contributed by atoms with Crippen molar-refractivity contribution >= 4 is 22.9 Å². The fraction of sp³-hybridized carbons (Fsp3) is 0.353. The molecule has 3 rings (SSSR count). The molecule has 0 spiro atoms. The van der Waals surface area contributed by atoms with Gasteiger partial charge in [0.15, 0.2) is 11.6 Å². The number of hydrogen-bond donors (Lipinski definition) is 1. The van der Waals surface area contributed by atoms with Gasteiger partial charge in [-0.25, -0.2) is 9.97 Å². The fourth-order valence-electron chi connectivity index (χ4n) is 2.52. The van der Waals surface area contributed by atoms with Crippen LogP contribution >= 0.6 is 11.3 Å². The molecule has 1 aliphatic heterocycles. The molecule has 0 radical (unpaired) electrons. The number of ketones is 1. The smallest absolute Gasteiger partial charge is 0.197 e. The van der Waals surface area contributed by atoms with Crippen LogP contribution in [-0.2, 0) is 0 Å². The van der Waals surface area contributed by atoms with Gasteiger partial charge in [-0.1, -0.05) is 6.07 Å². The first-order valence-corrected chi connectivity index (χ1v) is 8.77. The minimum Gasteiger partial charge on any atom is -0.385 e. The number of thiophene rings is 1. The summed E-state index contributed by atoms with van der Waals surface area (Å²) >= 11 is 1.46. The molecule has 7 heteroatoms. The van der Waals surface area contributed by atoms with Crippen molar-refractivity contribution in [3.05, 3.63) is 52.8 Å². The first kappa shape index (κ1) is 16.6. The molecule has 0 unspecified atom stereocenters. The second-order valence-corrected chi connectivity index (χ2v) is 6.58. The lowest BCUT2D eigenvalue weighted by Crippen LogP contribution is -2.44. The van der Waals surface area contributed by atoms with E-state index in [9.17, 15) is 9.90 Å². The van der Waals surface area contributed by atoms with Crippen molar-refractivity contribution in [2.45, 2.75) is 13.0 Å². The quantitative estimate of drug-likeness (QED) is 0.662. The van der Waals surface area contributed by atoms with Crippen LogP contribution in [0.2, 0.25) is 0 Å². The van der Waals surface area contributed by atoms with E-state index >= 15 is 0 Å². The summed E-state index contributed by atoms with van der Waals surface area (Å²) in [6, 6.07) is 5.58. The number of allylic oxidation sites excluding steroid dienone is 1. The summed E-state index contributed by atoms with van der Waals surface area (Å²) in [7, 11) is 0. The highest BCUT2D eigenvalue weighted by atomic mass is 32.1. The minimum absolute atomic E-state index is 0.0461. The lowest BCUT2D eigenvalue weighted by atomic mass is 10.3. The van der Waals surface area contributed by atoms with Gasteiger partial charge in [0.1, 0.15) is 11.9 Å². The highest BCUT2D eigenvalue weighted by Gasteiger charge is 2.17. The molecule has 0 saturated carbocycles. The van der Waals surface area contributed by atoms with Gasteiger partial charge in [0, 0.05) is 44.7 Å². The number of aliphatic hydroxyl groups is 1. The maximum absolute atomic E-state index is 12.0. The molecule has 1 fully saturated rings. The number of hydrogen-bond acceptors (Lipinski definition) is 7. The number of anilines is 1. The Kier molecular flexibility index (Phi) is 5.22. The second-order valence-electron chi connectivity index (χ2n) is 5.63. The average Bonchev–Trinajstić information content (AvgIpc) is 3.15. The number of rotatable bonds is 5. The van der Waals surface area contributed by atoms with Gasteiger partial charge >= 0.3 is 0 Å². The van der Waals surface area contributed by atoms with Crippen LogP contribution in [0.3, 0.4) is 0 Å². The molecule has 0 aromatic carbocycles. The van der Waals surface area contributed by atoms with E-state index in [1.54, 1.807) is 19.2 Å². The van der Waals surface area contributed by atoms with E-state index < -0.39 is 6.10 Å². The number of carbonyl (C=O) groups is 1. The topological polar surface area (TPSA) is 69.6 Å². The third kappa shape index (κ3) is 3.98. The number of carbonyl (C=O) groups excluding carboxylic acids is 1. The molecule has 3 heterocycles. The van der Waals surface area contributed by atoms with Crippen molar-refractivity contribution in [1.82, 2.24) is 14.9 Å². The highest BCUT2D eigenvalue weighted by Crippen LogP contribution is 2.16. The Morgan fingerprint density at radius 3 is 2.79 bits per heavy atom. The predicted molar refractivity (Wildman–Crippen MR) is 94.2 cm³/mol. The maximum Gasteiger partial charge on any atom is 0.197 e. The zero-order valence-electron chi connectivity index (χ0n) is 13.5. The monoisotopic (exact) mass is 344 g/mol. The van der Waals surface area contributed by atoms with Crippen molar-refractivity contribution in [1.29, 1.82) is 0 Å². The van der Waals surface area contributed by atoms with Gasteiger partial charge in [-0.2, -0.15) is 0 Å². The Hall–Kier alpha value is -2.25. The standard InChI is InChI=1S/C17H20N4O2S/c1-13(22)17-18-6-4-16(19-17)21-10-8-20(9-11-21)7-5-14(23)15-3-2-12-24-15/h2-7,12-13,22H,8-11H2,1H3/t13-/m1/s1. The highest BCUT2D eigenvalue weighted by molar-refractivity contribution is 7.12. The van der Waals surface area contributed by atoms with Gasteiger partial charge < -0.3 is 14.9 Å². The summed E-state index contributed by atoms with van der Waals surface area (Å²) in [6.45, 7) is 4.93. The van der Waals surface area contributed by atoms with Crippen molar-refractivity contribution in [3.8, 4) is 0 Å². The molecule has 0 aliphatic carbocycles. The molecule has 126 valence electrons. The third-order valence-corrected chi connectivity index (χ3v) is 4.76. The molecule has 0 amide bonds. The largest absolute Gasteiger partial charge is 0.385 e. The van der Waals surface area contributed by atoms with Gasteiger partial charge in [-0.05, 0) is 24.4 Å². The third-order valence-electron chi connectivity index (χ3n) is 3.87. The van der Waals surface area contributed by atoms with Gasteiger partial charge in [0.2, 0.25) is 0 Å². The van der Waals surface area contributed by atoms with Gasteiger partial charge in [-0.3, -0.25) is 4.79 Å². The fourth-order valence-corrected chi connectivity index (χ4v) is 3.16. The van der Waals surface area contributed by atoms with Crippen LogP contribution in [0.15, 0.2) is 42.1 Å². The molecule has 2 aromatic rings. The van der Waals surface area contributed by atoms with Gasteiger partial charge in [-0.15, -0.1) is 11.3 Å². The van der Waals surface area contributed by atoms with E-state index in [4.69, 9.17) is 0 Å². The predicted octanol–water partition coefficient (Wildman–Crippen LogP) is 2.11. The van der Waals surface area contributed by atoms with Crippen molar-refractivity contribution < 1.29 is 9.90 Å². The van der Waals surface area contributed by atoms with E-state index in [1.165, 1.54) is 11.3 Å². The Bertz CT molecular complexity index is 707. The van der Waals surface area contributed by atoms with E-state index in [2.05, 4.69) is 19.8 Å². The lowest BCUT2D eigenvalue weighted by molar-refractivity contribution is 0.104. The molecule has 2 aromatic heterocycles. The summed E-state index contributed by atoms with van der Waals surface area (Å²) in [5.74, 6) is 1.32. The van der Waals surface area contributed by atoms with Crippen LogP contribution in [0.25, 0.3) is 0 Å². The average molecular weight is 344 g/mol. The normalized spacial score (nSPS) is 16.6. The van der Waals surface area contributed by atoms with Crippen molar-refractivity contribution in [2.75, 3.05) is 31.1 Å². The Balaban J connectivity index is 1.56. The molecule has 24 heavy (non-hydrogen) atoms. The summed E-state index contributed by atoms with van der Waals surface area (Å²) < 4.78 is 0. The van der Waals surface area contributed by atoms with Crippen LogP contribution in [-0.4, -0.2) is 51.9 Å². The van der Waals surface area contributed by atoms with Crippen LogP contribution in [0.1, 0.15) is 28.5 Å². The first-order valence-electron chi connectivity index (χ1n) is 7.89. The van der Waals surface area contributed by atoms with Gasteiger partial charge in [0.25, 0.3) is 0 Å². The zero-order chi connectivity index (χ0) is 16.9. The van der Waals surface area contributed by atoms with Crippen LogP contribution < -0.4 is 4.90 Å². The zero-order valence-corrected chi connectivity index (χ0v) is 14.3.